The summed E-state index contributed by atoms with van der Waals surface area (Å²) in [6.45, 7) is 0. The lowest BCUT2D eigenvalue weighted by Crippen LogP contribution is -2.44. The smallest absolute Gasteiger partial charge is 0.248 e. The van der Waals surface area contributed by atoms with E-state index in [-0.39, 0.29) is 12.8 Å². The topological polar surface area (TPSA) is 83.6 Å². The molecule has 1 aliphatic heterocycles. The largest absolute Gasteiger partial charge is 0.324 e. The van der Waals surface area contributed by atoms with Gasteiger partial charge in [-0.3, -0.25) is 9.59 Å². The quantitative estimate of drug-likeness (QED) is 0.891. The van der Waals surface area contributed by atoms with Gasteiger partial charge in [0.25, 0.3) is 0 Å². The Morgan fingerprint density at radius 2 is 1.95 bits per heavy atom. The summed E-state index contributed by atoms with van der Waals surface area (Å²) in [5.41, 5.74) is 0.337. The Kier molecular flexibility index (Phi) is 3.76. The lowest BCUT2D eigenvalue weighted by molar-refractivity contribution is -0.128. The van der Waals surface area contributed by atoms with Gasteiger partial charge in [-0.15, -0.1) is 0 Å². The van der Waals surface area contributed by atoms with Gasteiger partial charge < -0.3 is 5.32 Å². The molecule has 8 heteroatoms. The zero-order valence-corrected chi connectivity index (χ0v) is 11.5. The van der Waals surface area contributed by atoms with Crippen LogP contribution in [0.1, 0.15) is 12.8 Å². The maximum Gasteiger partial charge on any atom is 0.248 e. The SMILES string of the molecule is CS(=O)(=O)N1C(=O)CCC1C(=O)Nc1ccc(F)cc1. The molecule has 6 nitrogen and oxygen atoms in total. The Morgan fingerprint density at radius 3 is 2.50 bits per heavy atom. The summed E-state index contributed by atoms with van der Waals surface area (Å²) >= 11 is 0. The van der Waals surface area contributed by atoms with Crippen LogP contribution in [0.15, 0.2) is 24.3 Å². The minimum atomic E-state index is -3.78. The molecule has 1 saturated heterocycles. The monoisotopic (exact) mass is 300 g/mol. The van der Waals surface area contributed by atoms with Crippen LogP contribution in [0.5, 0.6) is 0 Å². The van der Waals surface area contributed by atoms with Crippen molar-refractivity contribution in [3.05, 3.63) is 30.1 Å². The molecule has 0 aliphatic carbocycles. The molecular formula is C12H13FN2O4S. The van der Waals surface area contributed by atoms with Crippen molar-refractivity contribution < 1.29 is 22.4 Å². The molecule has 1 aromatic rings. The zero-order chi connectivity index (χ0) is 14.9. The van der Waals surface area contributed by atoms with Crippen LogP contribution in [0.2, 0.25) is 0 Å². The van der Waals surface area contributed by atoms with E-state index in [1.165, 1.54) is 24.3 Å². The van der Waals surface area contributed by atoms with Crippen LogP contribution in [0.3, 0.4) is 0 Å². The molecule has 1 atom stereocenters. The number of nitrogens with one attached hydrogen (secondary N) is 1. The van der Waals surface area contributed by atoms with E-state index >= 15 is 0 Å². The molecule has 1 aromatic carbocycles. The first-order chi connectivity index (χ1) is 9.29. The van der Waals surface area contributed by atoms with E-state index in [9.17, 15) is 22.4 Å². The minimum Gasteiger partial charge on any atom is -0.324 e. The number of rotatable bonds is 3. The highest BCUT2D eigenvalue weighted by Crippen LogP contribution is 2.23. The van der Waals surface area contributed by atoms with Crippen LogP contribution in [0.25, 0.3) is 0 Å². The molecule has 2 rings (SSSR count). The highest BCUT2D eigenvalue weighted by atomic mass is 32.2. The molecule has 0 saturated carbocycles. The summed E-state index contributed by atoms with van der Waals surface area (Å²) in [4.78, 5) is 23.6. The highest BCUT2D eigenvalue weighted by Gasteiger charge is 2.41. The molecule has 1 fully saturated rings. The van der Waals surface area contributed by atoms with E-state index in [2.05, 4.69) is 5.32 Å². The van der Waals surface area contributed by atoms with Gasteiger partial charge in [0.05, 0.1) is 6.26 Å². The van der Waals surface area contributed by atoms with Crippen LogP contribution in [0.4, 0.5) is 10.1 Å². The van der Waals surface area contributed by atoms with Crippen molar-refractivity contribution in [2.24, 2.45) is 0 Å². The van der Waals surface area contributed by atoms with Crippen LogP contribution < -0.4 is 5.32 Å². The molecular weight excluding hydrogens is 287 g/mol. The second kappa shape index (κ2) is 5.20. The second-order valence-corrected chi connectivity index (χ2v) is 6.36. The van der Waals surface area contributed by atoms with Gasteiger partial charge in [0.15, 0.2) is 0 Å². The maximum atomic E-state index is 12.7. The summed E-state index contributed by atoms with van der Waals surface area (Å²) in [5.74, 6) is -1.64. The molecule has 0 bridgehead atoms. The van der Waals surface area contributed by atoms with Gasteiger partial charge in [0.1, 0.15) is 11.9 Å². The van der Waals surface area contributed by atoms with Crippen molar-refractivity contribution in [2.45, 2.75) is 18.9 Å². The van der Waals surface area contributed by atoms with E-state index in [4.69, 9.17) is 0 Å². The molecule has 20 heavy (non-hydrogen) atoms. The fourth-order valence-electron chi connectivity index (χ4n) is 2.07. The number of sulfonamides is 1. The fraction of sp³-hybridized carbons (Fsp3) is 0.333. The van der Waals surface area contributed by atoms with E-state index in [0.717, 1.165) is 6.26 Å². The van der Waals surface area contributed by atoms with Crippen LogP contribution >= 0.6 is 0 Å². The number of carbonyl (C=O) groups excluding carboxylic acids is 2. The summed E-state index contributed by atoms with van der Waals surface area (Å²) < 4.78 is 36.4. The summed E-state index contributed by atoms with van der Waals surface area (Å²) in [6, 6.07) is 4.00. The molecule has 1 heterocycles. The van der Waals surface area contributed by atoms with Gasteiger partial charge in [-0.05, 0) is 30.7 Å². The minimum absolute atomic E-state index is 0.00851. The van der Waals surface area contributed by atoms with Crippen molar-refractivity contribution in [1.29, 1.82) is 0 Å². The van der Waals surface area contributed by atoms with Crippen molar-refractivity contribution in [2.75, 3.05) is 11.6 Å². The average Bonchev–Trinajstić information content (AvgIpc) is 2.74. The zero-order valence-electron chi connectivity index (χ0n) is 10.7. The lowest BCUT2D eigenvalue weighted by Gasteiger charge is -2.21. The molecule has 0 spiro atoms. The first-order valence-electron chi connectivity index (χ1n) is 5.88. The third-order valence-corrected chi connectivity index (χ3v) is 4.10. The summed E-state index contributed by atoms with van der Waals surface area (Å²) in [5, 5.41) is 2.47. The van der Waals surface area contributed by atoms with Gasteiger partial charge in [0.2, 0.25) is 21.8 Å². The predicted octanol–water partition coefficient (Wildman–Crippen LogP) is 0.715. The number of halogens is 1. The molecule has 1 aliphatic rings. The Bertz CT molecular complexity index is 642. The van der Waals surface area contributed by atoms with E-state index in [1.807, 2.05) is 0 Å². The third kappa shape index (κ3) is 2.96. The van der Waals surface area contributed by atoms with Gasteiger partial charge in [-0.2, -0.15) is 0 Å². The van der Waals surface area contributed by atoms with E-state index in [0.29, 0.717) is 9.99 Å². The van der Waals surface area contributed by atoms with Crippen molar-refractivity contribution in [3.63, 3.8) is 0 Å². The standard InChI is InChI=1S/C12H13FN2O4S/c1-20(18,19)15-10(6-7-11(15)16)12(17)14-9-4-2-8(13)3-5-9/h2-5,10H,6-7H2,1H3,(H,14,17). The fourth-order valence-corrected chi connectivity index (χ4v) is 3.20. The Labute approximate surface area is 115 Å². The van der Waals surface area contributed by atoms with E-state index < -0.39 is 33.7 Å². The molecule has 108 valence electrons. The molecule has 0 aromatic heterocycles. The van der Waals surface area contributed by atoms with Gasteiger partial charge in [-0.1, -0.05) is 0 Å². The van der Waals surface area contributed by atoms with Gasteiger partial charge in [-0.25, -0.2) is 17.1 Å². The summed E-state index contributed by atoms with van der Waals surface area (Å²) in [6.07, 6.45) is 1.03. The van der Waals surface area contributed by atoms with Gasteiger partial charge >= 0.3 is 0 Å². The first-order valence-corrected chi connectivity index (χ1v) is 7.72. The average molecular weight is 300 g/mol. The van der Waals surface area contributed by atoms with Crippen molar-refractivity contribution in [3.8, 4) is 0 Å². The van der Waals surface area contributed by atoms with Crippen LogP contribution in [-0.4, -0.2) is 36.8 Å². The van der Waals surface area contributed by atoms with Crippen LogP contribution in [-0.2, 0) is 19.6 Å². The summed E-state index contributed by atoms with van der Waals surface area (Å²) in [7, 11) is -3.78. The number of nitrogens with zero attached hydrogens (tertiary/aromatic N) is 1. The first kappa shape index (κ1) is 14.4. The number of anilines is 1. The number of hydrogen-bond donors (Lipinski definition) is 1. The predicted molar refractivity (Wildman–Crippen MR) is 69.7 cm³/mol. The third-order valence-electron chi connectivity index (χ3n) is 2.93. The highest BCUT2D eigenvalue weighted by molar-refractivity contribution is 7.89. The normalized spacial score (nSPS) is 19.2. The second-order valence-electron chi connectivity index (χ2n) is 4.50. The molecule has 2 amide bonds. The number of carbonyl (C=O) groups is 2. The Morgan fingerprint density at radius 1 is 1.35 bits per heavy atom. The maximum absolute atomic E-state index is 12.7. The number of amides is 2. The van der Waals surface area contributed by atoms with Crippen LogP contribution in [0, 0.1) is 5.82 Å². The Hall–Kier alpha value is -1.96. The van der Waals surface area contributed by atoms with Gasteiger partial charge in [0, 0.05) is 12.1 Å². The number of benzene rings is 1. The molecule has 1 unspecified atom stereocenters. The number of hydrogen-bond acceptors (Lipinski definition) is 4. The van der Waals surface area contributed by atoms with Crippen molar-refractivity contribution in [1.82, 2.24) is 4.31 Å². The lowest BCUT2D eigenvalue weighted by atomic mass is 10.2. The van der Waals surface area contributed by atoms with E-state index in [1.54, 1.807) is 0 Å². The molecule has 0 radical (unpaired) electrons. The Balaban J connectivity index is 2.16. The van der Waals surface area contributed by atoms with Crippen molar-refractivity contribution >= 4 is 27.5 Å². The molecule has 1 N–H and O–H groups in total.